The average molecular weight is 123 g/mol. The Morgan fingerprint density at radius 3 is 2.44 bits per heavy atom. The van der Waals surface area contributed by atoms with Crippen molar-refractivity contribution in [2.45, 2.75) is 19.8 Å². The molecule has 0 heterocycles. The van der Waals surface area contributed by atoms with Gasteiger partial charge in [-0.1, -0.05) is 0 Å². The Morgan fingerprint density at radius 2 is 2.33 bits per heavy atom. The Balaban J connectivity index is 2.62. The van der Waals surface area contributed by atoms with Crippen LogP contribution < -0.4 is 0 Å². The van der Waals surface area contributed by atoms with Crippen molar-refractivity contribution in [3.63, 3.8) is 0 Å². The van der Waals surface area contributed by atoms with Crippen LogP contribution >= 0.6 is 0 Å². The number of rotatable bonds is 2. The van der Waals surface area contributed by atoms with Gasteiger partial charge in [-0.15, -0.1) is 0 Å². The van der Waals surface area contributed by atoms with Crippen LogP contribution in [0, 0.1) is 22.7 Å². The molecule has 0 radical (unpaired) electrons. The molecule has 1 rings (SSSR count). The lowest BCUT2D eigenvalue weighted by Crippen LogP contribution is -2.11. The van der Waals surface area contributed by atoms with E-state index in [1.54, 1.807) is 6.92 Å². The highest BCUT2D eigenvalue weighted by Crippen LogP contribution is 2.49. The second-order valence-electron chi connectivity index (χ2n) is 2.70. The van der Waals surface area contributed by atoms with Gasteiger partial charge in [0.05, 0.1) is 12.0 Å². The molecule has 0 aromatic rings. The number of aldehydes is 1. The molecule has 1 aliphatic carbocycles. The second-order valence-corrected chi connectivity index (χ2v) is 2.70. The smallest absolute Gasteiger partial charge is 0.127 e. The van der Waals surface area contributed by atoms with E-state index in [1.165, 1.54) is 0 Å². The Hall–Kier alpha value is -0.840. The summed E-state index contributed by atoms with van der Waals surface area (Å²) in [6, 6.07) is 2.09. The first-order chi connectivity index (χ1) is 4.25. The first kappa shape index (κ1) is 6.28. The fourth-order valence-corrected chi connectivity index (χ4v) is 0.926. The molecule has 0 bridgehead atoms. The van der Waals surface area contributed by atoms with Gasteiger partial charge in [-0.05, 0) is 19.8 Å². The van der Waals surface area contributed by atoms with E-state index in [0.717, 1.165) is 19.1 Å². The van der Waals surface area contributed by atoms with E-state index < -0.39 is 0 Å². The van der Waals surface area contributed by atoms with Crippen LogP contribution in [0.1, 0.15) is 19.8 Å². The maximum atomic E-state index is 10.3. The van der Waals surface area contributed by atoms with Gasteiger partial charge in [-0.25, -0.2) is 0 Å². The molecule has 0 spiro atoms. The van der Waals surface area contributed by atoms with Crippen molar-refractivity contribution in [2.75, 3.05) is 0 Å². The lowest BCUT2D eigenvalue weighted by atomic mass is 9.94. The predicted octanol–water partition coefficient (Wildman–Crippen LogP) is 1.13. The lowest BCUT2D eigenvalue weighted by Gasteiger charge is -2.06. The molecule has 2 nitrogen and oxygen atoms in total. The van der Waals surface area contributed by atoms with E-state index >= 15 is 0 Å². The van der Waals surface area contributed by atoms with Crippen molar-refractivity contribution >= 4 is 6.29 Å². The maximum Gasteiger partial charge on any atom is 0.127 e. The van der Waals surface area contributed by atoms with E-state index in [9.17, 15) is 4.79 Å². The van der Waals surface area contributed by atoms with Crippen molar-refractivity contribution in [3.05, 3.63) is 0 Å². The molecule has 1 fully saturated rings. The van der Waals surface area contributed by atoms with Gasteiger partial charge in [0.15, 0.2) is 0 Å². The Morgan fingerprint density at radius 1 is 1.78 bits per heavy atom. The van der Waals surface area contributed by atoms with E-state index in [0.29, 0.717) is 0 Å². The fraction of sp³-hybridized carbons (Fsp3) is 0.714. The molecule has 1 unspecified atom stereocenters. The number of hydrogen-bond donors (Lipinski definition) is 0. The lowest BCUT2D eigenvalue weighted by molar-refractivity contribution is -0.113. The van der Waals surface area contributed by atoms with Crippen LogP contribution in [0.4, 0.5) is 0 Å². The molecular weight excluding hydrogens is 114 g/mol. The zero-order valence-corrected chi connectivity index (χ0v) is 5.42. The van der Waals surface area contributed by atoms with Crippen molar-refractivity contribution in [3.8, 4) is 6.07 Å². The number of hydrogen-bond acceptors (Lipinski definition) is 2. The third-order valence-corrected chi connectivity index (χ3v) is 2.12. The predicted molar refractivity (Wildman–Crippen MR) is 32.5 cm³/mol. The van der Waals surface area contributed by atoms with Crippen LogP contribution in [0.2, 0.25) is 0 Å². The summed E-state index contributed by atoms with van der Waals surface area (Å²) >= 11 is 0. The van der Waals surface area contributed by atoms with Gasteiger partial charge in [0.25, 0.3) is 0 Å². The third-order valence-electron chi connectivity index (χ3n) is 2.12. The van der Waals surface area contributed by atoms with Crippen LogP contribution in [0.5, 0.6) is 0 Å². The molecule has 1 aliphatic rings. The average Bonchev–Trinajstić information content (AvgIpc) is 2.66. The summed E-state index contributed by atoms with van der Waals surface area (Å²) < 4.78 is 0. The standard InChI is InChI=1S/C7H9NO/c1-6(4-8)7(5-9)2-3-7/h5-6H,2-3H2,1H3. The van der Waals surface area contributed by atoms with Crippen LogP contribution in [0.3, 0.4) is 0 Å². The number of nitrogens with zero attached hydrogens (tertiary/aromatic N) is 1. The SMILES string of the molecule is CC(C#N)C1(C=O)CC1. The molecule has 1 atom stereocenters. The first-order valence-electron chi connectivity index (χ1n) is 3.11. The zero-order chi connectivity index (χ0) is 6.91. The monoisotopic (exact) mass is 123 g/mol. The van der Waals surface area contributed by atoms with Gasteiger partial charge in [0.2, 0.25) is 0 Å². The Kier molecular flexibility index (Phi) is 1.28. The van der Waals surface area contributed by atoms with Gasteiger partial charge in [-0.3, -0.25) is 0 Å². The maximum absolute atomic E-state index is 10.3. The van der Waals surface area contributed by atoms with E-state index in [4.69, 9.17) is 5.26 Å². The van der Waals surface area contributed by atoms with Gasteiger partial charge in [0, 0.05) is 5.41 Å². The molecule has 0 N–H and O–H groups in total. The number of carbonyl (C=O) groups is 1. The van der Waals surface area contributed by atoms with E-state index in [2.05, 4.69) is 6.07 Å². The highest BCUT2D eigenvalue weighted by molar-refractivity contribution is 5.64. The van der Waals surface area contributed by atoms with Crippen LogP contribution in [-0.2, 0) is 4.79 Å². The molecule has 2 heteroatoms. The summed E-state index contributed by atoms with van der Waals surface area (Å²) in [6.45, 7) is 1.81. The van der Waals surface area contributed by atoms with Gasteiger partial charge < -0.3 is 4.79 Å². The van der Waals surface area contributed by atoms with E-state index in [1.807, 2.05) is 0 Å². The molecule has 9 heavy (non-hydrogen) atoms. The summed E-state index contributed by atoms with van der Waals surface area (Å²) in [4.78, 5) is 10.3. The quantitative estimate of drug-likeness (QED) is 0.516. The minimum atomic E-state index is -0.241. The molecule has 0 saturated heterocycles. The first-order valence-corrected chi connectivity index (χ1v) is 3.11. The van der Waals surface area contributed by atoms with E-state index in [-0.39, 0.29) is 11.3 Å². The van der Waals surface area contributed by atoms with Crippen LogP contribution in [0.25, 0.3) is 0 Å². The fourth-order valence-electron chi connectivity index (χ4n) is 0.926. The molecule has 0 aromatic carbocycles. The highest BCUT2D eigenvalue weighted by atomic mass is 16.1. The van der Waals surface area contributed by atoms with Gasteiger partial charge in [0.1, 0.15) is 6.29 Å². The minimum absolute atomic E-state index is 0.0880. The van der Waals surface area contributed by atoms with Crippen molar-refractivity contribution < 1.29 is 4.79 Å². The minimum Gasteiger partial charge on any atom is -0.303 e. The molecule has 48 valence electrons. The summed E-state index contributed by atoms with van der Waals surface area (Å²) in [6.07, 6.45) is 2.75. The highest BCUT2D eigenvalue weighted by Gasteiger charge is 2.47. The summed E-state index contributed by atoms with van der Waals surface area (Å²) in [7, 11) is 0. The van der Waals surface area contributed by atoms with Crippen molar-refractivity contribution in [1.82, 2.24) is 0 Å². The van der Waals surface area contributed by atoms with Gasteiger partial charge in [-0.2, -0.15) is 5.26 Å². The van der Waals surface area contributed by atoms with Crippen LogP contribution in [0.15, 0.2) is 0 Å². The molecule has 0 aliphatic heterocycles. The molecule has 1 saturated carbocycles. The van der Waals surface area contributed by atoms with Crippen molar-refractivity contribution in [1.29, 1.82) is 5.26 Å². The summed E-state index contributed by atoms with van der Waals surface area (Å²) in [5, 5.41) is 8.43. The Labute approximate surface area is 54.5 Å². The summed E-state index contributed by atoms with van der Waals surface area (Å²) in [5.74, 6) is -0.0880. The van der Waals surface area contributed by atoms with Gasteiger partial charge >= 0.3 is 0 Å². The third kappa shape index (κ3) is 0.829. The Bertz CT molecular complexity index is 164. The molecular formula is C7H9NO. The molecule has 0 amide bonds. The number of nitriles is 1. The topological polar surface area (TPSA) is 40.9 Å². The second kappa shape index (κ2) is 1.84. The largest absolute Gasteiger partial charge is 0.303 e. The normalized spacial score (nSPS) is 24.0. The zero-order valence-electron chi connectivity index (χ0n) is 5.42. The summed E-state index contributed by atoms with van der Waals surface area (Å²) in [5.41, 5.74) is -0.241. The number of carbonyl (C=O) groups excluding carboxylic acids is 1. The molecule has 0 aromatic heterocycles. The van der Waals surface area contributed by atoms with Crippen molar-refractivity contribution in [2.24, 2.45) is 11.3 Å². The van der Waals surface area contributed by atoms with Crippen LogP contribution in [-0.4, -0.2) is 6.29 Å².